The van der Waals surface area contributed by atoms with Crippen molar-refractivity contribution in [3.63, 3.8) is 0 Å². The van der Waals surface area contributed by atoms with Crippen LogP contribution in [0.4, 0.5) is 0 Å². The number of benzene rings is 1. The topological polar surface area (TPSA) is 58.6 Å². The molecule has 1 heterocycles. The Morgan fingerprint density at radius 1 is 1.25 bits per heavy atom. The maximum Gasteiger partial charge on any atom is 0.306 e. The molecule has 0 aromatic heterocycles. The van der Waals surface area contributed by atoms with Crippen LogP contribution in [0.15, 0.2) is 24.3 Å². The lowest BCUT2D eigenvalue weighted by Crippen LogP contribution is -2.37. The van der Waals surface area contributed by atoms with E-state index in [1.54, 1.807) is 0 Å². The van der Waals surface area contributed by atoms with Gasteiger partial charge < -0.3 is 15.2 Å². The second kappa shape index (κ2) is 5.83. The fourth-order valence-electron chi connectivity index (χ4n) is 3.25. The second-order valence-corrected chi connectivity index (χ2v) is 5.84. The van der Waals surface area contributed by atoms with Crippen molar-refractivity contribution < 1.29 is 14.6 Å². The van der Waals surface area contributed by atoms with Gasteiger partial charge in [-0.05, 0) is 31.7 Å². The van der Waals surface area contributed by atoms with E-state index in [1.807, 2.05) is 12.1 Å². The number of ether oxygens (including phenoxy) is 1. The van der Waals surface area contributed by atoms with Crippen molar-refractivity contribution in [1.29, 1.82) is 0 Å². The number of carboxylic acids is 1. The van der Waals surface area contributed by atoms with Crippen LogP contribution in [-0.4, -0.2) is 30.3 Å². The zero-order valence-electron chi connectivity index (χ0n) is 11.5. The molecule has 3 rings (SSSR count). The molecule has 108 valence electrons. The van der Waals surface area contributed by atoms with Gasteiger partial charge in [0.25, 0.3) is 0 Å². The first-order valence-electron chi connectivity index (χ1n) is 7.42. The number of fused-ring (bicyclic) bond motifs is 1. The Morgan fingerprint density at radius 3 is 2.75 bits per heavy atom. The molecule has 0 spiro atoms. The van der Waals surface area contributed by atoms with Crippen LogP contribution in [-0.2, 0) is 4.79 Å². The summed E-state index contributed by atoms with van der Waals surface area (Å²) in [6.45, 7) is 1.66. The molecule has 4 heteroatoms. The van der Waals surface area contributed by atoms with E-state index in [1.165, 1.54) is 5.56 Å². The molecule has 1 unspecified atom stereocenters. The van der Waals surface area contributed by atoms with Gasteiger partial charge >= 0.3 is 5.97 Å². The normalized spacial score (nSPS) is 28.7. The summed E-state index contributed by atoms with van der Waals surface area (Å²) < 4.78 is 5.68. The van der Waals surface area contributed by atoms with Crippen LogP contribution < -0.4 is 10.1 Å². The summed E-state index contributed by atoms with van der Waals surface area (Å²) in [6.07, 6.45) is 3.52. The van der Waals surface area contributed by atoms with Crippen LogP contribution >= 0.6 is 0 Å². The molecular formula is C16H21NO3. The standard InChI is InChI=1S/C16H21NO3/c18-16(19)11-5-7-13(8-6-11)17-9-12-10-20-15-4-2-1-3-14(12)15/h1-4,11-13,17H,5-10H2,(H,18,19). The van der Waals surface area contributed by atoms with Crippen LogP contribution in [0.5, 0.6) is 5.75 Å². The highest BCUT2D eigenvalue weighted by atomic mass is 16.5. The summed E-state index contributed by atoms with van der Waals surface area (Å²) in [5.41, 5.74) is 1.29. The lowest BCUT2D eigenvalue weighted by Gasteiger charge is -2.27. The van der Waals surface area contributed by atoms with Crippen molar-refractivity contribution in [3.05, 3.63) is 29.8 Å². The number of hydrogen-bond acceptors (Lipinski definition) is 3. The largest absolute Gasteiger partial charge is 0.493 e. The van der Waals surface area contributed by atoms with Crippen LogP contribution in [0, 0.1) is 5.92 Å². The molecule has 0 saturated heterocycles. The molecule has 1 saturated carbocycles. The van der Waals surface area contributed by atoms with E-state index in [0.717, 1.165) is 44.6 Å². The van der Waals surface area contributed by atoms with Gasteiger partial charge in [0.05, 0.1) is 12.5 Å². The van der Waals surface area contributed by atoms with Crippen molar-refractivity contribution in [2.75, 3.05) is 13.2 Å². The minimum atomic E-state index is -0.637. The summed E-state index contributed by atoms with van der Waals surface area (Å²) in [5, 5.41) is 12.6. The molecule has 1 aliphatic heterocycles. The van der Waals surface area contributed by atoms with E-state index in [0.29, 0.717) is 12.0 Å². The van der Waals surface area contributed by atoms with Crippen molar-refractivity contribution in [3.8, 4) is 5.75 Å². The fraction of sp³-hybridized carbons (Fsp3) is 0.562. The SMILES string of the molecule is O=C(O)C1CCC(NCC2COc3ccccc32)CC1. The second-order valence-electron chi connectivity index (χ2n) is 5.84. The number of aliphatic carboxylic acids is 1. The average Bonchev–Trinajstić information content (AvgIpc) is 2.89. The monoisotopic (exact) mass is 275 g/mol. The minimum absolute atomic E-state index is 0.136. The van der Waals surface area contributed by atoms with Gasteiger partial charge in [-0.3, -0.25) is 4.79 Å². The van der Waals surface area contributed by atoms with E-state index in [-0.39, 0.29) is 5.92 Å². The van der Waals surface area contributed by atoms with Gasteiger partial charge in [0.2, 0.25) is 0 Å². The first kappa shape index (κ1) is 13.4. The van der Waals surface area contributed by atoms with E-state index in [4.69, 9.17) is 9.84 Å². The Bertz CT molecular complexity index is 480. The maximum absolute atomic E-state index is 10.9. The van der Waals surface area contributed by atoms with Gasteiger partial charge in [0.1, 0.15) is 5.75 Å². The van der Waals surface area contributed by atoms with Crippen molar-refractivity contribution in [2.24, 2.45) is 5.92 Å². The maximum atomic E-state index is 10.9. The van der Waals surface area contributed by atoms with E-state index in [2.05, 4.69) is 17.4 Å². The van der Waals surface area contributed by atoms with Crippen LogP contribution in [0.25, 0.3) is 0 Å². The molecule has 1 aliphatic carbocycles. The van der Waals surface area contributed by atoms with E-state index >= 15 is 0 Å². The predicted octanol–water partition coefficient (Wildman–Crippen LogP) is 2.40. The third-order valence-electron chi connectivity index (χ3n) is 4.53. The first-order valence-corrected chi connectivity index (χ1v) is 7.42. The minimum Gasteiger partial charge on any atom is -0.493 e. The highest BCUT2D eigenvalue weighted by Gasteiger charge is 2.28. The molecule has 0 radical (unpaired) electrons. The zero-order valence-corrected chi connectivity index (χ0v) is 11.5. The summed E-state index contributed by atoms with van der Waals surface area (Å²) >= 11 is 0. The lowest BCUT2D eigenvalue weighted by molar-refractivity contribution is -0.142. The number of hydrogen-bond donors (Lipinski definition) is 2. The van der Waals surface area contributed by atoms with Crippen molar-refractivity contribution >= 4 is 5.97 Å². The number of carboxylic acid groups (broad SMARTS) is 1. The van der Waals surface area contributed by atoms with Gasteiger partial charge in [-0.25, -0.2) is 0 Å². The Labute approximate surface area is 119 Å². The van der Waals surface area contributed by atoms with Crippen molar-refractivity contribution in [2.45, 2.75) is 37.6 Å². The molecule has 2 N–H and O–H groups in total. The van der Waals surface area contributed by atoms with E-state index in [9.17, 15) is 4.79 Å². The van der Waals surface area contributed by atoms with Crippen LogP contribution in [0.1, 0.15) is 37.2 Å². The van der Waals surface area contributed by atoms with Gasteiger partial charge in [-0.2, -0.15) is 0 Å². The summed E-state index contributed by atoms with van der Waals surface area (Å²) in [7, 11) is 0. The molecular weight excluding hydrogens is 254 g/mol. The molecule has 2 aliphatic rings. The van der Waals surface area contributed by atoms with Crippen LogP contribution in [0.2, 0.25) is 0 Å². The molecule has 0 amide bonds. The predicted molar refractivity (Wildman–Crippen MR) is 76.1 cm³/mol. The fourth-order valence-corrected chi connectivity index (χ4v) is 3.25. The van der Waals surface area contributed by atoms with Gasteiger partial charge in [0, 0.05) is 24.1 Å². The smallest absolute Gasteiger partial charge is 0.306 e. The zero-order chi connectivity index (χ0) is 13.9. The summed E-state index contributed by atoms with van der Waals surface area (Å²) in [6, 6.07) is 8.67. The third kappa shape index (κ3) is 2.80. The lowest BCUT2D eigenvalue weighted by atomic mass is 9.86. The first-order chi connectivity index (χ1) is 9.74. The third-order valence-corrected chi connectivity index (χ3v) is 4.53. The molecule has 4 nitrogen and oxygen atoms in total. The Kier molecular flexibility index (Phi) is 3.92. The highest BCUT2D eigenvalue weighted by Crippen LogP contribution is 2.33. The molecule has 1 fully saturated rings. The van der Waals surface area contributed by atoms with Crippen LogP contribution in [0.3, 0.4) is 0 Å². The number of nitrogens with one attached hydrogen (secondary N) is 1. The molecule has 1 atom stereocenters. The Morgan fingerprint density at radius 2 is 2.00 bits per heavy atom. The number of carbonyl (C=O) groups is 1. The molecule has 0 bridgehead atoms. The number of para-hydroxylation sites is 1. The van der Waals surface area contributed by atoms with Gasteiger partial charge in [-0.1, -0.05) is 18.2 Å². The molecule has 1 aromatic carbocycles. The summed E-state index contributed by atoms with van der Waals surface area (Å²) in [4.78, 5) is 10.9. The average molecular weight is 275 g/mol. The number of rotatable bonds is 4. The summed E-state index contributed by atoms with van der Waals surface area (Å²) in [5.74, 6) is 0.655. The molecule has 1 aromatic rings. The quantitative estimate of drug-likeness (QED) is 0.886. The Hall–Kier alpha value is -1.55. The molecule has 20 heavy (non-hydrogen) atoms. The highest BCUT2D eigenvalue weighted by molar-refractivity contribution is 5.70. The van der Waals surface area contributed by atoms with Gasteiger partial charge in [0.15, 0.2) is 0 Å². The van der Waals surface area contributed by atoms with E-state index < -0.39 is 5.97 Å². The Balaban J connectivity index is 1.48. The van der Waals surface area contributed by atoms with Crippen molar-refractivity contribution in [1.82, 2.24) is 5.32 Å². The van der Waals surface area contributed by atoms with Gasteiger partial charge in [-0.15, -0.1) is 0 Å².